The Kier molecular flexibility index (Phi) is 7.55. The first-order valence-corrected chi connectivity index (χ1v) is 9.99. The monoisotopic (exact) mass is 392 g/mol. The van der Waals surface area contributed by atoms with E-state index in [0.717, 1.165) is 19.5 Å². The molecule has 2 unspecified atom stereocenters. The van der Waals surface area contributed by atoms with E-state index >= 15 is 0 Å². The van der Waals surface area contributed by atoms with Crippen LogP contribution in [0.5, 0.6) is 0 Å². The molecule has 0 radical (unpaired) electrons. The Balaban J connectivity index is 1.85. The molecule has 0 spiro atoms. The van der Waals surface area contributed by atoms with Crippen LogP contribution < -0.4 is 10.6 Å². The van der Waals surface area contributed by atoms with E-state index in [0.29, 0.717) is 18.8 Å². The van der Waals surface area contributed by atoms with Crippen molar-refractivity contribution in [1.29, 1.82) is 0 Å². The van der Waals surface area contributed by atoms with E-state index in [1.54, 1.807) is 12.1 Å². The van der Waals surface area contributed by atoms with Gasteiger partial charge in [-0.05, 0) is 52.3 Å². The standard InChI is InChI=1S/C21H33FN4O2/c1-6-21(4,5)24-20(28)16(3)26-12-10-25(11-13-26)15(2)19(27)23-18-9-7-8-17(22)14-18/h7-9,14-16H,6,10-13H2,1-5H3,(H,23,27)(H,24,28). The molecule has 7 heteroatoms. The molecule has 2 N–H and O–H groups in total. The average molecular weight is 393 g/mol. The molecule has 6 nitrogen and oxygen atoms in total. The molecule has 2 rings (SSSR count). The summed E-state index contributed by atoms with van der Waals surface area (Å²) in [5.74, 6) is -0.496. The zero-order valence-electron chi connectivity index (χ0n) is 17.6. The maximum Gasteiger partial charge on any atom is 0.241 e. The van der Waals surface area contributed by atoms with Gasteiger partial charge < -0.3 is 10.6 Å². The first kappa shape index (κ1) is 22.3. The third-order valence-electron chi connectivity index (χ3n) is 5.64. The fourth-order valence-corrected chi connectivity index (χ4v) is 3.18. The summed E-state index contributed by atoms with van der Waals surface area (Å²) >= 11 is 0. The van der Waals surface area contributed by atoms with Crippen molar-refractivity contribution in [1.82, 2.24) is 15.1 Å². The summed E-state index contributed by atoms with van der Waals surface area (Å²) in [6, 6.07) is 5.36. The Labute approximate surface area is 167 Å². The van der Waals surface area contributed by atoms with E-state index in [2.05, 4.69) is 27.4 Å². The predicted molar refractivity (Wildman–Crippen MR) is 110 cm³/mol. The van der Waals surface area contributed by atoms with Gasteiger partial charge in [0.15, 0.2) is 0 Å². The van der Waals surface area contributed by atoms with Gasteiger partial charge in [0.1, 0.15) is 5.82 Å². The Bertz CT molecular complexity index is 687. The second-order valence-electron chi connectivity index (χ2n) is 8.15. The van der Waals surface area contributed by atoms with E-state index in [9.17, 15) is 14.0 Å². The Morgan fingerprint density at radius 3 is 2.11 bits per heavy atom. The van der Waals surface area contributed by atoms with Gasteiger partial charge in [0.25, 0.3) is 0 Å². The molecule has 156 valence electrons. The number of carbonyl (C=O) groups is 2. The number of amides is 2. The molecule has 1 fully saturated rings. The van der Waals surface area contributed by atoms with Crippen molar-refractivity contribution in [2.75, 3.05) is 31.5 Å². The number of benzene rings is 1. The van der Waals surface area contributed by atoms with Gasteiger partial charge in [0.2, 0.25) is 11.8 Å². The SMILES string of the molecule is CCC(C)(C)NC(=O)C(C)N1CCN(C(C)C(=O)Nc2cccc(F)c2)CC1. The molecule has 1 aromatic rings. The highest BCUT2D eigenvalue weighted by molar-refractivity contribution is 5.94. The lowest BCUT2D eigenvalue weighted by molar-refractivity contribution is -0.129. The molecular weight excluding hydrogens is 359 g/mol. The summed E-state index contributed by atoms with van der Waals surface area (Å²) in [5, 5.41) is 5.86. The zero-order chi connectivity index (χ0) is 20.9. The molecule has 1 aromatic carbocycles. The molecular formula is C21H33FN4O2. The van der Waals surface area contributed by atoms with Crippen molar-refractivity contribution in [2.24, 2.45) is 0 Å². The van der Waals surface area contributed by atoms with E-state index in [1.165, 1.54) is 12.1 Å². The summed E-state index contributed by atoms with van der Waals surface area (Å²) in [6.45, 7) is 12.7. The highest BCUT2D eigenvalue weighted by atomic mass is 19.1. The molecule has 1 aliphatic heterocycles. The number of anilines is 1. The summed E-state index contributed by atoms with van der Waals surface area (Å²) in [4.78, 5) is 29.2. The van der Waals surface area contributed by atoms with Crippen LogP contribution in [0.3, 0.4) is 0 Å². The Morgan fingerprint density at radius 1 is 1.07 bits per heavy atom. The normalized spacial score (nSPS) is 18.4. The van der Waals surface area contributed by atoms with Crippen LogP contribution in [0.15, 0.2) is 24.3 Å². The molecule has 28 heavy (non-hydrogen) atoms. The molecule has 0 aliphatic carbocycles. The lowest BCUT2D eigenvalue weighted by atomic mass is 10.0. The lowest BCUT2D eigenvalue weighted by Gasteiger charge is -2.40. The van der Waals surface area contributed by atoms with Gasteiger partial charge >= 0.3 is 0 Å². The maximum atomic E-state index is 13.3. The molecule has 2 amide bonds. The van der Waals surface area contributed by atoms with Crippen LogP contribution in [0.2, 0.25) is 0 Å². The fraction of sp³-hybridized carbons (Fsp3) is 0.619. The van der Waals surface area contributed by atoms with E-state index in [1.807, 2.05) is 27.7 Å². The van der Waals surface area contributed by atoms with Gasteiger partial charge in [-0.2, -0.15) is 0 Å². The Hall–Kier alpha value is -1.99. The summed E-state index contributed by atoms with van der Waals surface area (Å²) in [5.41, 5.74) is 0.246. The van der Waals surface area contributed by atoms with Gasteiger partial charge in [-0.15, -0.1) is 0 Å². The zero-order valence-corrected chi connectivity index (χ0v) is 17.6. The van der Waals surface area contributed by atoms with Crippen LogP contribution in [0.1, 0.15) is 41.0 Å². The number of hydrogen-bond donors (Lipinski definition) is 2. The molecule has 0 saturated carbocycles. The van der Waals surface area contributed by atoms with Gasteiger partial charge in [-0.1, -0.05) is 13.0 Å². The second-order valence-corrected chi connectivity index (χ2v) is 8.15. The molecule has 0 bridgehead atoms. The van der Waals surface area contributed by atoms with Crippen LogP contribution in [0.25, 0.3) is 0 Å². The molecule has 0 aromatic heterocycles. The molecule has 1 saturated heterocycles. The summed E-state index contributed by atoms with van der Waals surface area (Å²) in [7, 11) is 0. The van der Waals surface area contributed by atoms with Crippen molar-refractivity contribution in [3.63, 3.8) is 0 Å². The number of rotatable bonds is 7. The van der Waals surface area contributed by atoms with Gasteiger partial charge in [0.05, 0.1) is 12.1 Å². The number of hydrogen-bond acceptors (Lipinski definition) is 4. The van der Waals surface area contributed by atoms with E-state index in [-0.39, 0.29) is 35.3 Å². The largest absolute Gasteiger partial charge is 0.350 e. The van der Waals surface area contributed by atoms with E-state index in [4.69, 9.17) is 0 Å². The second kappa shape index (κ2) is 9.47. The Morgan fingerprint density at radius 2 is 1.61 bits per heavy atom. The van der Waals surface area contributed by atoms with Gasteiger partial charge in [0, 0.05) is 37.4 Å². The van der Waals surface area contributed by atoms with Crippen LogP contribution in [0.4, 0.5) is 10.1 Å². The number of nitrogens with one attached hydrogen (secondary N) is 2. The fourth-order valence-electron chi connectivity index (χ4n) is 3.18. The summed E-state index contributed by atoms with van der Waals surface area (Å²) < 4.78 is 13.3. The van der Waals surface area contributed by atoms with Crippen molar-refractivity contribution in [2.45, 2.75) is 58.7 Å². The van der Waals surface area contributed by atoms with Crippen LogP contribution in [0, 0.1) is 5.82 Å². The lowest BCUT2D eigenvalue weighted by Crippen LogP contribution is -2.58. The van der Waals surface area contributed by atoms with E-state index < -0.39 is 0 Å². The average Bonchev–Trinajstić information content (AvgIpc) is 2.66. The molecule has 1 aliphatic rings. The minimum Gasteiger partial charge on any atom is -0.350 e. The van der Waals surface area contributed by atoms with Crippen molar-refractivity contribution < 1.29 is 14.0 Å². The topological polar surface area (TPSA) is 64.7 Å². The number of nitrogens with zero attached hydrogens (tertiary/aromatic N) is 2. The van der Waals surface area contributed by atoms with Crippen LogP contribution in [-0.2, 0) is 9.59 Å². The quantitative estimate of drug-likeness (QED) is 0.748. The minimum absolute atomic E-state index is 0.0391. The van der Waals surface area contributed by atoms with Gasteiger partial charge in [-0.3, -0.25) is 19.4 Å². The third kappa shape index (κ3) is 6.01. The van der Waals surface area contributed by atoms with Gasteiger partial charge in [-0.25, -0.2) is 4.39 Å². The first-order chi connectivity index (χ1) is 13.1. The van der Waals surface area contributed by atoms with Crippen molar-refractivity contribution >= 4 is 17.5 Å². The minimum atomic E-state index is -0.377. The smallest absolute Gasteiger partial charge is 0.241 e. The number of carbonyl (C=O) groups excluding carboxylic acids is 2. The highest BCUT2D eigenvalue weighted by Crippen LogP contribution is 2.14. The highest BCUT2D eigenvalue weighted by Gasteiger charge is 2.31. The summed E-state index contributed by atoms with van der Waals surface area (Å²) in [6.07, 6.45) is 0.872. The van der Waals surface area contributed by atoms with Crippen LogP contribution in [-0.4, -0.2) is 65.4 Å². The third-order valence-corrected chi connectivity index (χ3v) is 5.64. The van der Waals surface area contributed by atoms with Crippen molar-refractivity contribution in [3.05, 3.63) is 30.1 Å². The number of halogens is 1. The van der Waals surface area contributed by atoms with Crippen LogP contribution >= 0.6 is 0 Å². The first-order valence-electron chi connectivity index (χ1n) is 9.99. The maximum absolute atomic E-state index is 13.3. The number of piperazine rings is 1. The van der Waals surface area contributed by atoms with Crippen molar-refractivity contribution in [3.8, 4) is 0 Å². The molecule has 2 atom stereocenters. The predicted octanol–water partition coefficient (Wildman–Crippen LogP) is 2.46. The molecule has 1 heterocycles.